The van der Waals surface area contributed by atoms with Crippen LogP contribution in [0.5, 0.6) is 0 Å². The van der Waals surface area contributed by atoms with Crippen LogP contribution in [0.4, 0.5) is 22.7 Å². The Morgan fingerprint density at radius 2 is 1.00 bits per heavy atom. The topological polar surface area (TPSA) is 158 Å². The van der Waals surface area contributed by atoms with Gasteiger partial charge < -0.3 is 0 Å². The summed E-state index contributed by atoms with van der Waals surface area (Å²) in [4.78, 5) is -0.588. The molecule has 178 valence electrons. The van der Waals surface area contributed by atoms with E-state index < -0.39 is 20.2 Å². The standard InChI is InChI=1S/C23H18N4O6S2/c1-15-2-4-16(5-3-15)24-27-23-13-12-22(20-11-10-19(14-21(20)23)35(31,32)33)26-25-17-6-8-18(9-7-17)34(28,29)30/h2-14H,1H3,(H,28,29,30)(H,31,32,33). The third-order valence-corrected chi connectivity index (χ3v) is 6.67. The molecule has 0 saturated carbocycles. The number of fused-ring (bicyclic) bond motifs is 1. The molecule has 2 N–H and O–H groups in total. The van der Waals surface area contributed by atoms with Crippen molar-refractivity contribution in [2.75, 3.05) is 0 Å². The second-order valence-electron chi connectivity index (χ2n) is 7.49. The van der Waals surface area contributed by atoms with E-state index in [-0.39, 0.29) is 9.79 Å². The Kier molecular flexibility index (Phi) is 6.54. The van der Waals surface area contributed by atoms with Gasteiger partial charge in [-0.1, -0.05) is 23.8 Å². The van der Waals surface area contributed by atoms with Crippen LogP contribution in [-0.2, 0) is 20.2 Å². The van der Waals surface area contributed by atoms with E-state index in [0.717, 1.165) is 5.56 Å². The Hall–Kier alpha value is -3.84. The summed E-state index contributed by atoms with van der Waals surface area (Å²) in [5.74, 6) is 0. The number of rotatable bonds is 6. The van der Waals surface area contributed by atoms with Gasteiger partial charge in [0.25, 0.3) is 20.2 Å². The number of hydrogen-bond donors (Lipinski definition) is 2. The SMILES string of the molecule is Cc1ccc(N=Nc2ccc(N=Nc3ccc(S(=O)(=O)O)cc3)c3ccc(S(=O)(=O)O)cc23)cc1. The molecule has 4 aromatic carbocycles. The second kappa shape index (κ2) is 9.43. The molecule has 10 nitrogen and oxygen atoms in total. The average Bonchev–Trinajstić information content (AvgIpc) is 2.81. The number of benzene rings is 4. The largest absolute Gasteiger partial charge is 0.294 e. The molecule has 0 bridgehead atoms. The summed E-state index contributed by atoms with van der Waals surface area (Å²) in [5.41, 5.74) is 2.71. The van der Waals surface area contributed by atoms with E-state index in [2.05, 4.69) is 20.5 Å². The van der Waals surface area contributed by atoms with Gasteiger partial charge in [0.05, 0.1) is 32.5 Å². The van der Waals surface area contributed by atoms with E-state index in [0.29, 0.717) is 33.5 Å². The van der Waals surface area contributed by atoms with Crippen molar-refractivity contribution in [1.29, 1.82) is 0 Å². The van der Waals surface area contributed by atoms with Crippen molar-refractivity contribution in [1.82, 2.24) is 0 Å². The number of azo groups is 2. The van der Waals surface area contributed by atoms with E-state index in [1.54, 1.807) is 24.3 Å². The molecule has 0 aromatic heterocycles. The van der Waals surface area contributed by atoms with Gasteiger partial charge in [0.2, 0.25) is 0 Å². The highest BCUT2D eigenvalue weighted by molar-refractivity contribution is 7.86. The van der Waals surface area contributed by atoms with Crippen molar-refractivity contribution in [3.8, 4) is 0 Å². The zero-order valence-electron chi connectivity index (χ0n) is 18.1. The Balaban J connectivity index is 1.77. The van der Waals surface area contributed by atoms with Crippen LogP contribution in [0.25, 0.3) is 10.8 Å². The molecule has 0 heterocycles. The van der Waals surface area contributed by atoms with Gasteiger partial charge >= 0.3 is 0 Å². The normalized spacial score (nSPS) is 12.7. The first kappa shape index (κ1) is 24.3. The molecular weight excluding hydrogens is 492 g/mol. The molecular formula is C23H18N4O6S2. The van der Waals surface area contributed by atoms with Crippen LogP contribution in [0.2, 0.25) is 0 Å². The molecule has 12 heteroatoms. The smallest absolute Gasteiger partial charge is 0.282 e. The van der Waals surface area contributed by atoms with Crippen LogP contribution in [0.1, 0.15) is 5.56 Å². The average molecular weight is 511 g/mol. The summed E-state index contributed by atoms with van der Waals surface area (Å²) in [6.07, 6.45) is 0. The molecule has 4 aromatic rings. The fourth-order valence-corrected chi connectivity index (χ4v) is 4.14. The predicted molar refractivity (Wildman–Crippen MR) is 130 cm³/mol. The summed E-state index contributed by atoms with van der Waals surface area (Å²) in [5, 5.41) is 17.6. The minimum absolute atomic E-state index is 0.275. The van der Waals surface area contributed by atoms with Crippen molar-refractivity contribution in [3.05, 3.63) is 84.4 Å². The van der Waals surface area contributed by atoms with E-state index in [4.69, 9.17) is 4.55 Å². The highest BCUT2D eigenvalue weighted by Crippen LogP contribution is 2.36. The summed E-state index contributed by atoms with van der Waals surface area (Å²) in [6.45, 7) is 1.95. The van der Waals surface area contributed by atoms with Gasteiger partial charge in [-0.3, -0.25) is 9.11 Å². The highest BCUT2D eigenvalue weighted by atomic mass is 32.2. The minimum Gasteiger partial charge on any atom is -0.282 e. The van der Waals surface area contributed by atoms with Gasteiger partial charge in [0.1, 0.15) is 0 Å². The van der Waals surface area contributed by atoms with Crippen molar-refractivity contribution < 1.29 is 25.9 Å². The fourth-order valence-electron chi connectivity index (χ4n) is 3.15. The molecule has 0 aliphatic rings. The van der Waals surface area contributed by atoms with Gasteiger partial charge in [-0.25, -0.2) is 0 Å². The van der Waals surface area contributed by atoms with Crippen LogP contribution >= 0.6 is 0 Å². The lowest BCUT2D eigenvalue weighted by molar-refractivity contribution is 0.481. The van der Waals surface area contributed by atoms with E-state index in [1.807, 2.05) is 19.1 Å². The summed E-state index contributed by atoms with van der Waals surface area (Å²) >= 11 is 0. The van der Waals surface area contributed by atoms with Gasteiger partial charge in [0.15, 0.2) is 0 Å². The Bertz CT molecular complexity index is 1680. The van der Waals surface area contributed by atoms with Gasteiger partial charge in [-0.15, -0.1) is 10.2 Å². The lowest BCUT2D eigenvalue weighted by atomic mass is 10.1. The number of aryl methyl sites for hydroxylation is 1. The lowest BCUT2D eigenvalue weighted by Gasteiger charge is -2.07. The maximum atomic E-state index is 11.7. The van der Waals surface area contributed by atoms with Crippen LogP contribution in [0.3, 0.4) is 0 Å². The van der Waals surface area contributed by atoms with Crippen molar-refractivity contribution in [3.63, 3.8) is 0 Å². The highest BCUT2D eigenvalue weighted by Gasteiger charge is 2.14. The second-order valence-corrected chi connectivity index (χ2v) is 10.3. The number of hydrogen-bond acceptors (Lipinski definition) is 8. The molecule has 4 rings (SSSR count). The molecule has 0 spiro atoms. The van der Waals surface area contributed by atoms with E-state index >= 15 is 0 Å². The Morgan fingerprint density at radius 3 is 1.51 bits per heavy atom. The van der Waals surface area contributed by atoms with Gasteiger partial charge in [-0.05, 0) is 67.6 Å². The van der Waals surface area contributed by atoms with Crippen molar-refractivity contribution in [2.24, 2.45) is 20.5 Å². The van der Waals surface area contributed by atoms with Crippen molar-refractivity contribution in [2.45, 2.75) is 16.7 Å². The van der Waals surface area contributed by atoms with E-state index in [1.165, 1.54) is 42.5 Å². The molecule has 0 amide bonds. The lowest BCUT2D eigenvalue weighted by Crippen LogP contribution is -1.97. The molecule has 0 atom stereocenters. The predicted octanol–water partition coefficient (Wildman–Crippen LogP) is 6.47. The van der Waals surface area contributed by atoms with Gasteiger partial charge in [-0.2, -0.15) is 27.1 Å². The first-order valence-electron chi connectivity index (χ1n) is 10.0. The molecule has 0 fully saturated rings. The molecule has 0 radical (unpaired) electrons. The maximum Gasteiger partial charge on any atom is 0.294 e. The monoisotopic (exact) mass is 510 g/mol. The Morgan fingerprint density at radius 1 is 0.543 bits per heavy atom. The van der Waals surface area contributed by atoms with Crippen LogP contribution < -0.4 is 0 Å². The molecule has 0 aliphatic carbocycles. The third-order valence-electron chi connectivity index (χ3n) is 4.95. The summed E-state index contributed by atoms with van der Waals surface area (Å²) < 4.78 is 64.3. The minimum atomic E-state index is -4.46. The van der Waals surface area contributed by atoms with E-state index in [9.17, 15) is 21.4 Å². The molecule has 35 heavy (non-hydrogen) atoms. The summed E-state index contributed by atoms with van der Waals surface area (Å²) in [6, 6.07) is 19.7. The molecule has 0 aliphatic heterocycles. The molecule has 0 unspecified atom stereocenters. The van der Waals surface area contributed by atoms with Crippen LogP contribution in [0, 0.1) is 6.92 Å². The van der Waals surface area contributed by atoms with Gasteiger partial charge in [0, 0.05) is 10.8 Å². The summed E-state index contributed by atoms with van der Waals surface area (Å²) in [7, 11) is -8.79. The number of nitrogens with zero attached hydrogens (tertiary/aromatic N) is 4. The Labute approximate surface area is 201 Å². The van der Waals surface area contributed by atoms with Crippen LogP contribution in [-0.4, -0.2) is 25.9 Å². The fraction of sp³-hybridized carbons (Fsp3) is 0.0435. The first-order chi connectivity index (χ1) is 16.5. The maximum absolute atomic E-state index is 11.7. The zero-order valence-corrected chi connectivity index (χ0v) is 19.8. The zero-order chi connectivity index (χ0) is 25.2. The molecule has 0 saturated heterocycles. The first-order valence-corrected chi connectivity index (χ1v) is 12.9. The van der Waals surface area contributed by atoms with Crippen molar-refractivity contribution >= 4 is 53.8 Å². The quantitative estimate of drug-likeness (QED) is 0.223. The van der Waals surface area contributed by atoms with Crippen LogP contribution in [0.15, 0.2) is 109 Å². The third kappa shape index (κ3) is 5.81.